The smallest absolute Gasteiger partial charge is 0.239 e. The fourth-order valence-electron chi connectivity index (χ4n) is 4.12. The molecule has 0 N–H and O–H groups in total. The molecule has 2 saturated heterocycles. The molecule has 20 heavy (non-hydrogen) atoms. The summed E-state index contributed by atoms with van der Waals surface area (Å²) in [4.78, 5) is 19.6. The van der Waals surface area contributed by atoms with Crippen molar-refractivity contribution in [1.82, 2.24) is 14.7 Å². The van der Waals surface area contributed by atoms with Crippen LogP contribution in [0.3, 0.4) is 0 Å². The Morgan fingerprint density at radius 1 is 0.900 bits per heavy atom. The number of amides is 1. The van der Waals surface area contributed by atoms with Crippen molar-refractivity contribution in [3.63, 3.8) is 0 Å². The molecule has 0 aromatic rings. The van der Waals surface area contributed by atoms with Gasteiger partial charge in [0.05, 0.1) is 6.04 Å². The summed E-state index contributed by atoms with van der Waals surface area (Å²) < 4.78 is 0. The highest BCUT2D eigenvalue weighted by atomic mass is 16.2. The minimum Gasteiger partial charge on any atom is -0.341 e. The normalized spacial score (nSPS) is 28.1. The minimum atomic E-state index is 0.0822. The summed E-state index contributed by atoms with van der Waals surface area (Å²) in [5, 5.41) is 0. The SMILES string of the molecule is CC(C(=O)N1CCCC1)N1CCN(C2CCCC2)CC1. The number of carbonyl (C=O) groups is 1. The van der Waals surface area contributed by atoms with Gasteiger partial charge < -0.3 is 4.90 Å². The first-order valence-electron chi connectivity index (χ1n) is 8.52. The van der Waals surface area contributed by atoms with Gasteiger partial charge >= 0.3 is 0 Å². The van der Waals surface area contributed by atoms with E-state index in [9.17, 15) is 4.79 Å². The molecular formula is C16H29N3O. The Morgan fingerprint density at radius 2 is 1.50 bits per heavy atom. The molecule has 0 radical (unpaired) electrons. The maximum absolute atomic E-state index is 12.5. The predicted molar refractivity (Wildman–Crippen MR) is 80.7 cm³/mol. The van der Waals surface area contributed by atoms with Crippen LogP contribution in [0, 0.1) is 0 Å². The van der Waals surface area contributed by atoms with E-state index in [1.165, 1.54) is 38.5 Å². The lowest BCUT2D eigenvalue weighted by atomic mass is 10.1. The topological polar surface area (TPSA) is 26.8 Å². The third kappa shape index (κ3) is 3.01. The van der Waals surface area contributed by atoms with Gasteiger partial charge in [-0.25, -0.2) is 0 Å². The molecule has 4 nitrogen and oxygen atoms in total. The van der Waals surface area contributed by atoms with E-state index in [4.69, 9.17) is 0 Å². The zero-order chi connectivity index (χ0) is 13.9. The van der Waals surface area contributed by atoms with Gasteiger partial charge in [0.2, 0.25) is 5.91 Å². The van der Waals surface area contributed by atoms with Crippen molar-refractivity contribution >= 4 is 5.91 Å². The van der Waals surface area contributed by atoms with Crippen LogP contribution in [0.4, 0.5) is 0 Å². The molecule has 3 aliphatic rings. The van der Waals surface area contributed by atoms with E-state index < -0.39 is 0 Å². The van der Waals surface area contributed by atoms with E-state index >= 15 is 0 Å². The van der Waals surface area contributed by atoms with Crippen LogP contribution in [0.15, 0.2) is 0 Å². The van der Waals surface area contributed by atoms with Crippen molar-refractivity contribution in [2.24, 2.45) is 0 Å². The summed E-state index contributed by atoms with van der Waals surface area (Å²) in [6.45, 7) is 8.50. The molecule has 1 atom stereocenters. The second-order valence-corrected chi connectivity index (χ2v) is 6.72. The molecule has 114 valence electrons. The second-order valence-electron chi connectivity index (χ2n) is 6.72. The van der Waals surface area contributed by atoms with E-state index in [2.05, 4.69) is 21.6 Å². The molecule has 2 heterocycles. The molecule has 1 unspecified atom stereocenters. The standard InChI is InChI=1S/C16H29N3O/c1-14(16(20)19-8-4-5-9-19)17-10-12-18(13-11-17)15-6-2-3-7-15/h14-15H,2-13H2,1H3. The van der Waals surface area contributed by atoms with Crippen LogP contribution in [0.5, 0.6) is 0 Å². The van der Waals surface area contributed by atoms with E-state index in [1.54, 1.807) is 0 Å². The summed E-state index contributed by atoms with van der Waals surface area (Å²) in [7, 11) is 0. The minimum absolute atomic E-state index is 0.0822. The maximum Gasteiger partial charge on any atom is 0.239 e. The quantitative estimate of drug-likeness (QED) is 0.784. The van der Waals surface area contributed by atoms with Crippen molar-refractivity contribution in [2.75, 3.05) is 39.3 Å². The van der Waals surface area contributed by atoms with Gasteiger partial charge in [-0.2, -0.15) is 0 Å². The predicted octanol–water partition coefficient (Wildman–Crippen LogP) is 1.56. The number of nitrogens with zero attached hydrogens (tertiary/aromatic N) is 3. The Balaban J connectivity index is 1.48. The first-order chi connectivity index (χ1) is 9.75. The number of hydrogen-bond acceptors (Lipinski definition) is 3. The molecule has 0 aromatic heterocycles. The van der Waals surface area contributed by atoms with Crippen molar-refractivity contribution in [1.29, 1.82) is 0 Å². The lowest BCUT2D eigenvalue weighted by Gasteiger charge is -2.40. The third-order valence-electron chi connectivity index (χ3n) is 5.51. The molecule has 0 bridgehead atoms. The van der Waals surface area contributed by atoms with Gasteiger partial charge in [-0.1, -0.05) is 12.8 Å². The molecular weight excluding hydrogens is 250 g/mol. The van der Waals surface area contributed by atoms with Gasteiger partial charge in [0.25, 0.3) is 0 Å². The number of likely N-dealkylation sites (tertiary alicyclic amines) is 1. The highest BCUT2D eigenvalue weighted by molar-refractivity contribution is 5.81. The second kappa shape index (κ2) is 6.44. The molecule has 4 heteroatoms. The first kappa shape index (κ1) is 14.3. The average molecular weight is 279 g/mol. The van der Waals surface area contributed by atoms with Crippen LogP contribution in [0.2, 0.25) is 0 Å². The highest BCUT2D eigenvalue weighted by Gasteiger charge is 2.32. The van der Waals surface area contributed by atoms with E-state index in [0.29, 0.717) is 5.91 Å². The Kier molecular flexibility index (Phi) is 4.61. The van der Waals surface area contributed by atoms with Gasteiger partial charge in [-0.05, 0) is 32.6 Å². The molecule has 2 aliphatic heterocycles. The molecule has 1 aliphatic carbocycles. The Labute approximate surface area is 123 Å². The van der Waals surface area contributed by atoms with Gasteiger partial charge in [0.15, 0.2) is 0 Å². The molecule has 1 amide bonds. The van der Waals surface area contributed by atoms with Crippen LogP contribution in [0.25, 0.3) is 0 Å². The number of piperazine rings is 1. The number of hydrogen-bond donors (Lipinski definition) is 0. The van der Waals surface area contributed by atoms with Crippen LogP contribution in [0.1, 0.15) is 45.4 Å². The molecule has 0 spiro atoms. The number of carbonyl (C=O) groups excluding carboxylic acids is 1. The molecule has 0 aromatic carbocycles. The lowest BCUT2D eigenvalue weighted by Crippen LogP contribution is -2.55. The van der Waals surface area contributed by atoms with Crippen molar-refractivity contribution in [3.05, 3.63) is 0 Å². The molecule has 3 rings (SSSR count). The molecule has 3 fully saturated rings. The summed E-state index contributed by atoms with van der Waals surface area (Å²) in [5.74, 6) is 0.358. The van der Waals surface area contributed by atoms with Crippen molar-refractivity contribution in [3.8, 4) is 0 Å². The highest BCUT2D eigenvalue weighted by Crippen LogP contribution is 2.24. The van der Waals surface area contributed by atoms with Crippen molar-refractivity contribution in [2.45, 2.75) is 57.5 Å². The van der Waals surface area contributed by atoms with E-state index in [-0.39, 0.29) is 6.04 Å². The monoisotopic (exact) mass is 279 g/mol. The van der Waals surface area contributed by atoms with Crippen LogP contribution in [-0.4, -0.2) is 72.0 Å². The van der Waals surface area contributed by atoms with Crippen LogP contribution in [-0.2, 0) is 4.79 Å². The largest absolute Gasteiger partial charge is 0.341 e. The van der Waals surface area contributed by atoms with Crippen molar-refractivity contribution < 1.29 is 4.79 Å². The Morgan fingerprint density at radius 3 is 2.10 bits per heavy atom. The van der Waals surface area contributed by atoms with E-state index in [1.807, 2.05) is 0 Å². The zero-order valence-electron chi connectivity index (χ0n) is 12.9. The summed E-state index contributed by atoms with van der Waals surface area (Å²) in [6, 6.07) is 0.917. The Bertz CT molecular complexity index is 327. The van der Waals surface area contributed by atoms with Gasteiger partial charge in [0, 0.05) is 45.3 Å². The van der Waals surface area contributed by atoms with E-state index in [0.717, 1.165) is 45.3 Å². The maximum atomic E-state index is 12.5. The Hall–Kier alpha value is -0.610. The summed E-state index contributed by atoms with van der Waals surface area (Å²) in [6.07, 6.45) is 7.98. The fourth-order valence-corrected chi connectivity index (χ4v) is 4.12. The summed E-state index contributed by atoms with van der Waals surface area (Å²) >= 11 is 0. The molecule has 1 saturated carbocycles. The third-order valence-corrected chi connectivity index (χ3v) is 5.51. The number of rotatable bonds is 3. The van der Waals surface area contributed by atoms with Gasteiger partial charge in [-0.3, -0.25) is 14.6 Å². The van der Waals surface area contributed by atoms with Crippen LogP contribution >= 0.6 is 0 Å². The summed E-state index contributed by atoms with van der Waals surface area (Å²) in [5.41, 5.74) is 0. The lowest BCUT2D eigenvalue weighted by molar-refractivity contribution is -0.136. The fraction of sp³-hybridized carbons (Fsp3) is 0.938. The average Bonchev–Trinajstić information content (AvgIpc) is 3.18. The van der Waals surface area contributed by atoms with Gasteiger partial charge in [-0.15, -0.1) is 0 Å². The van der Waals surface area contributed by atoms with Crippen LogP contribution < -0.4 is 0 Å². The van der Waals surface area contributed by atoms with Gasteiger partial charge in [0.1, 0.15) is 0 Å². The zero-order valence-corrected chi connectivity index (χ0v) is 12.9. The first-order valence-corrected chi connectivity index (χ1v) is 8.52.